The quantitative estimate of drug-likeness (QED) is 0.809. The molecule has 1 amide bonds. The molecule has 1 aliphatic rings. The number of nitrogens with one attached hydrogen (secondary N) is 1. The van der Waals surface area contributed by atoms with Crippen molar-refractivity contribution in [2.45, 2.75) is 31.7 Å². The van der Waals surface area contributed by atoms with Crippen LogP contribution < -0.4 is 14.8 Å². The van der Waals surface area contributed by atoms with Crippen LogP contribution in [0.25, 0.3) is 0 Å². The Labute approximate surface area is 161 Å². The number of hydrogen-bond donors (Lipinski definition) is 1. The molecule has 0 aromatic heterocycles. The molecular formula is C22H28N2O3. The Bertz CT molecular complexity index is 748. The van der Waals surface area contributed by atoms with Gasteiger partial charge in [-0.25, -0.2) is 0 Å². The SMILES string of the molecule is COc1ccc(NC(=O)C2CCCCN2CCc2ccccc2)cc1OC. The number of rotatable bonds is 7. The predicted octanol–water partition coefficient (Wildman–Crippen LogP) is 3.74. The first-order valence-corrected chi connectivity index (χ1v) is 9.52. The first-order valence-electron chi connectivity index (χ1n) is 9.52. The minimum absolute atomic E-state index is 0.0509. The number of methoxy groups -OCH3 is 2. The van der Waals surface area contributed by atoms with Gasteiger partial charge in [0, 0.05) is 18.3 Å². The average Bonchev–Trinajstić information content (AvgIpc) is 2.73. The van der Waals surface area contributed by atoms with Crippen LogP contribution in [0, 0.1) is 0 Å². The van der Waals surface area contributed by atoms with Gasteiger partial charge in [-0.05, 0) is 43.5 Å². The number of amides is 1. The number of nitrogens with zero attached hydrogens (tertiary/aromatic N) is 1. The summed E-state index contributed by atoms with van der Waals surface area (Å²) >= 11 is 0. The van der Waals surface area contributed by atoms with E-state index in [1.807, 2.05) is 18.2 Å². The van der Waals surface area contributed by atoms with E-state index in [2.05, 4.69) is 34.5 Å². The van der Waals surface area contributed by atoms with E-state index < -0.39 is 0 Å². The van der Waals surface area contributed by atoms with Crippen molar-refractivity contribution in [1.29, 1.82) is 0 Å². The predicted molar refractivity (Wildman–Crippen MR) is 108 cm³/mol. The molecule has 1 saturated heterocycles. The van der Waals surface area contributed by atoms with Gasteiger partial charge in [0.15, 0.2) is 11.5 Å². The molecule has 1 atom stereocenters. The van der Waals surface area contributed by atoms with Gasteiger partial charge in [0.25, 0.3) is 0 Å². The van der Waals surface area contributed by atoms with Crippen molar-refractivity contribution >= 4 is 11.6 Å². The van der Waals surface area contributed by atoms with Crippen molar-refractivity contribution in [2.24, 2.45) is 0 Å². The highest BCUT2D eigenvalue weighted by Crippen LogP contribution is 2.30. The fraction of sp³-hybridized carbons (Fsp3) is 0.409. The van der Waals surface area contributed by atoms with Gasteiger partial charge in [0.1, 0.15) is 0 Å². The van der Waals surface area contributed by atoms with E-state index in [4.69, 9.17) is 9.47 Å². The van der Waals surface area contributed by atoms with Crippen LogP contribution in [0.2, 0.25) is 0 Å². The summed E-state index contributed by atoms with van der Waals surface area (Å²) in [5, 5.41) is 3.05. The highest BCUT2D eigenvalue weighted by molar-refractivity contribution is 5.95. The molecule has 0 radical (unpaired) electrons. The van der Waals surface area contributed by atoms with Crippen LogP contribution in [-0.4, -0.2) is 44.2 Å². The van der Waals surface area contributed by atoms with E-state index in [9.17, 15) is 4.79 Å². The maximum atomic E-state index is 12.9. The highest BCUT2D eigenvalue weighted by atomic mass is 16.5. The second-order valence-corrected chi connectivity index (χ2v) is 6.84. The molecule has 1 N–H and O–H groups in total. The third kappa shape index (κ3) is 5.01. The zero-order chi connectivity index (χ0) is 19.1. The molecule has 0 aliphatic carbocycles. The lowest BCUT2D eigenvalue weighted by Gasteiger charge is -2.34. The van der Waals surface area contributed by atoms with Crippen LogP contribution in [-0.2, 0) is 11.2 Å². The van der Waals surface area contributed by atoms with Crippen molar-refractivity contribution in [3.63, 3.8) is 0 Å². The van der Waals surface area contributed by atoms with Gasteiger partial charge in [-0.3, -0.25) is 9.69 Å². The molecule has 2 aromatic rings. The first kappa shape index (κ1) is 19.2. The number of anilines is 1. The molecule has 144 valence electrons. The number of carbonyl (C=O) groups is 1. The van der Waals surface area contributed by atoms with Crippen LogP contribution in [0.1, 0.15) is 24.8 Å². The minimum atomic E-state index is -0.0874. The van der Waals surface area contributed by atoms with E-state index in [0.717, 1.165) is 44.5 Å². The van der Waals surface area contributed by atoms with Crippen LogP contribution >= 0.6 is 0 Å². The molecule has 1 aliphatic heterocycles. The van der Waals surface area contributed by atoms with Crippen LogP contribution in [0.15, 0.2) is 48.5 Å². The zero-order valence-electron chi connectivity index (χ0n) is 16.1. The Kier molecular flexibility index (Phi) is 6.71. The molecule has 2 aromatic carbocycles. The van der Waals surface area contributed by atoms with Crippen molar-refractivity contribution in [2.75, 3.05) is 32.6 Å². The first-order chi connectivity index (χ1) is 13.2. The number of carbonyl (C=O) groups excluding carboxylic acids is 1. The molecule has 3 rings (SSSR count). The highest BCUT2D eigenvalue weighted by Gasteiger charge is 2.28. The van der Waals surface area contributed by atoms with Crippen LogP contribution in [0.3, 0.4) is 0 Å². The normalized spacial score (nSPS) is 17.3. The summed E-state index contributed by atoms with van der Waals surface area (Å²) in [7, 11) is 3.19. The Morgan fingerprint density at radius 2 is 1.85 bits per heavy atom. The molecular weight excluding hydrogens is 340 g/mol. The van der Waals surface area contributed by atoms with Gasteiger partial charge in [0.05, 0.1) is 20.3 Å². The molecule has 5 heteroatoms. The summed E-state index contributed by atoms with van der Waals surface area (Å²) < 4.78 is 10.6. The Balaban J connectivity index is 1.64. The second-order valence-electron chi connectivity index (χ2n) is 6.84. The standard InChI is InChI=1S/C22H28N2O3/c1-26-20-12-11-18(16-21(20)27-2)23-22(25)19-10-6-7-14-24(19)15-13-17-8-4-3-5-9-17/h3-5,8-9,11-12,16,19H,6-7,10,13-15H2,1-2H3,(H,23,25). The molecule has 0 bridgehead atoms. The molecule has 1 fully saturated rings. The van der Waals surface area contributed by atoms with E-state index >= 15 is 0 Å². The van der Waals surface area contributed by atoms with Gasteiger partial charge >= 0.3 is 0 Å². The van der Waals surface area contributed by atoms with Crippen LogP contribution in [0.5, 0.6) is 11.5 Å². The maximum absolute atomic E-state index is 12.9. The summed E-state index contributed by atoms with van der Waals surface area (Å²) in [6.07, 6.45) is 4.09. The minimum Gasteiger partial charge on any atom is -0.493 e. The lowest BCUT2D eigenvalue weighted by Crippen LogP contribution is -2.47. The molecule has 1 heterocycles. The Morgan fingerprint density at radius 1 is 1.07 bits per heavy atom. The molecule has 27 heavy (non-hydrogen) atoms. The van der Waals surface area contributed by atoms with Gasteiger partial charge in [-0.1, -0.05) is 36.8 Å². The van der Waals surface area contributed by atoms with Crippen LogP contribution in [0.4, 0.5) is 5.69 Å². The van der Waals surface area contributed by atoms with Gasteiger partial charge in [-0.15, -0.1) is 0 Å². The third-order valence-electron chi connectivity index (χ3n) is 5.10. The topological polar surface area (TPSA) is 50.8 Å². The summed E-state index contributed by atoms with van der Waals surface area (Å²) in [6.45, 7) is 1.87. The summed E-state index contributed by atoms with van der Waals surface area (Å²) in [5.74, 6) is 1.31. The Morgan fingerprint density at radius 3 is 2.59 bits per heavy atom. The lowest BCUT2D eigenvalue weighted by atomic mass is 10.00. The molecule has 1 unspecified atom stereocenters. The maximum Gasteiger partial charge on any atom is 0.241 e. The van der Waals surface area contributed by atoms with E-state index in [1.165, 1.54) is 5.56 Å². The summed E-state index contributed by atoms with van der Waals surface area (Å²) in [4.78, 5) is 15.2. The molecule has 0 saturated carbocycles. The number of likely N-dealkylation sites (tertiary alicyclic amines) is 1. The monoisotopic (exact) mass is 368 g/mol. The van der Waals surface area contributed by atoms with Gasteiger partial charge in [-0.2, -0.15) is 0 Å². The number of benzene rings is 2. The molecule has 5 nitrogen and oxygen atoms in total. The fourth-order valence-corrected chi connectivity index (χ4v) is 3.61. The van der Waals surface area contributed by atoms with Crippen molar-refractivity contribution < 1.29 is 14.3 Å². The third-order valence-corrected chi connectivity index (χ3v) is 5.10. The van der Waals surface area contributed by atoms with Crippen molar-refractivity contribution in [3.05, 3.63) is 54.1 Å². The van der Waals surface area contributed by atoms with E-state index in [1.54, 1.807) is 20.3 Å². The number of hydrogen-bond acceptors (Lipinski definition) is 4. The van der Waals surface area contributed by atoms with Gasteiger partial charge in [0.2, 0.25) is 5.91 Å². The lowest BCUT2D eigenvalue weighted by molar-refractivity contribution is -0.122. The van der Waals surface area contributed by atoms with Crippen molar-refractivity contribution in [3.8, 4) is 11.5 Å². The second kappa shape index (κ2) is 9.42. The van der Waals surface area contributed by atoms with Crippen molar-refractivity contribution in [1.82, 2.24) is 4.90 Å². The smallest absolute Gasteiger partial charge is 0.241 e. The number of ether oxygens (including phenoxy) is 2. The van der Waals surface area contributed by atoms with Gasteiger partial charge < -0.3 is 14.8 Å². The summed E-state index contributed by atoms with van der Waals surface area (Å²) in [5.41, 5.74) is 2.04. The Hall–Kier alpha value is -2.53. The zero-order valence-corrected chi connectivity index (χ0v) is 16.1. The largest absolute Gasteiger partial charge is 0.493 e. The van der Waals surface area contributed by atoms with E-state index in [0.29, 0.717) is 11.5 Å². The average molecular weight is 368 g/mol. The molecule has 0 spiro atoms. The van der Waals surface area contributed by atoms with E-state index in [-0.39, 0.29) is 11.9 Å². The summed E-state index contributed by atoms with van der Waals surface area (Å²) in [6, 6.07) is 15.8. The fourth-order valence-electron chi connectivity index (χ4n) is 3.61. The number of piperidine rings is 1.